The Kier molecular flexibility index (Phi) is 4.30. The van der Waals surface area contributed by atoms with Gasteiger partial charge in [0.25, 0.3) is 0 Å². The Balaban J connectivity index is 1.44. The van der Waals surface area contributed by atoms with E-state index in [1.165, 1.54) is 6.33 Å². The van der Waals surface area contributed by atoms with E-state index in [2.05, 4.69) is 35.1 Å². The Morgan fingerprint density at radius 1 is 0.964 bits per heavy atom. The van der Waals surface area contributed by atoms with E-state index in [0.717, 1.165) is 48.9 Å². The summed E-state index contributed by atoms with van der Waals surface area (Å²) in [5.41, 5.74) is 3.23. The van der Waals surface area contributed by atoms with Gasteiger partial charge in [-0.25, -0.2) is 19.9 Å². The highest BCUT2D eigenvalue weighted by Crippen LogP contribution is 2.25. The second-order valence-electron chi connectivity index (χ2n) is 6.50. The quantitative estimate of drug-likeness (QED) is 0.568. The van der Waals surface area contributed by atoms with Crippen molar-refractivity contribution in [1.82, 2.24) is 24.9 Å². The van der Waals surface area contributed by atoms with E-state index < -0.39 is 0 Å². The van der Waals surface area contributed by atoms with Crippen LogP contribution in [0, 0.1) is 0 Å². The zero-order valence-corrected chi connectivity index (χ0v) is 15.2. The van der Waals surface area contributed by atoms with E-state index in [-0.39, 0.29) is 0 Å². The fourth-order valence-electron chi connectivity index (χ4n) is 3.22. The van der Waals surface area contributed by atoms with E-state index in [9.17, 15) is 0 Å². The Morgan fingerprint density at radius 3 is 2.61 bits per heavy atom. The highest BCUT2D eigenvalue weighted by atomic mass is 16.5. The predicted molar refractivity (Wildman–Crippen MR) is 108 cm³/mol. The number of aromatic nitrogens is 5. The molecular weight excluding hydrogens is 354 g/mol. The number of anilines is 3. The number of nitrogens with zero attached hydrogens (tertiary/aromatic N) is 5. The average Bonchev–Trinajstić information content (AvgIpc) is 3.21. The number of hydrogen-bond acceptors (Lipinski definition) is 7. The summed E-state index contributed by atoms with van der Waals surface area (Å²) in [4.78, 5) is 23.4. The second kappa shape index (κ2) is 7.24. The number of fused-ring (bicyclic) bond motifs is 1. The smallest absolute Gasteiger partial charge is 0.183 e. The summed E-state index contributed by atoms with van der Waals surface area (Å²) < 4.78 is 5.40. The lowest BCUT2D eigenvalue weighted by Gasteiger charge is -2.27. The van der Waals surface area contributed by atoms with E-state index in [4.69, 9.17) is 4.74 Å². The molecule has 0 aliphatic carbocycles. The molecule has 0 bridgehead atoms. The summed E-state index contributed by atoms with van der Waals surface area (Å²) >= 11 is 0. The number of imidazole rings is 1. The van der Waals surface area contributed by atoms with Crippen LogP contribution in [0.2, 0.25) is 0 Å². The molecule has 0 atom stereocenters. The van der Waals surface area contributed by atoms with Crippen LogP contribution in [0.1, 0.15) is 0 Å². The van der Waals surface area contributed by atoms with Crippen LogP contribution in [-0.4, -0.2) is 51.2 Å². The normalized spacial score (nSPS) is 14.4. The maximum Gasteiger partial charge on any atom is 0.183 e. The largest absolute Gasteiger partial charge is 0.378 e. The van der Waals surface area contributed by atoms with Gasteiger partial charge in [-0.05, 0) is 24.3 Å². The summed E-state index contributed by atoms with van der Waals surface area (Å²) in [5, 5.41) is 3.31. The molecule has 4 aromatic rings. The molecule has 1 aliphatic rings. The van der Waals surface area contributed by atoms with Gasteiger partial charge in [-0.15, -0.1) is 0 Å². The topological polar surface area (TPSA) is 91.8 Å². The lowest BCUT2D eigenvalue weighted by atomic mass is 10.2. The number of nitrogens with one attached hydrogen (secondary N) is 2. The summed E-state index contributed by atoms with van der Waals surface area (Å²) in [6.45, 7) is 3.20. The fraction of sp³-hybridized carbons (Fsp3) is 0.200. The molecule has 1 aromatic carbocycles. The lowest BCUT2D eigenvalue weighted by molar-refractivity contribution is 0.122. The number of H-pyrrole nitrogens is 1. The minimum absolute atomic E-state index is 0.612. The van der Waals surface area contributed by atoms with Gasteiger partial charge in [0.05, 0.1) is 13.2 Å². The van der Waals surface area contributed by atoms with E-state index in [1.54, 1.807) is 0 Å². The van der Waals surface area contributed by atoms with Crippen molar-refractivity contribution in [3.05, 3.63) is 55.0 Å². The molecular formula is C20H19N7O. The van der Waals surface area contributed by atoms with Crippen LogP contribution in [0.3, 0.4) is 0 Å². The molecule has 1 fully saturated rings. The van der Waals surface area contributed by atoms with Crippen LogP contribution in [0.15, 0.2) is 55.0 Å². The predicted octanol–water partition coefficient (Wildman–Crippen LogP) is 3.00. The van der Waals surface area contributed by atoms with Crippen molar-refractivity contribution in [3.63, 3.8) is 0 Å². The standard InChI is InChI=1S/C20H19N7O/c1-2-4-15(5-3-1)24-19-17-20(23-13-22-19)26-18(25-17)14-6-7-16(21-12-14)27-8-10-28-11-9-27/h1-7,12-13H,8-11H2,(H2,22,23,24,25,26). The number of aromatic amines is 1. The molecule has 4 heterocycles. The number of para-hydroxylation sites is 1. The van der Waals surface area contributed by atoms with E-state index >= 15 is 0 Å². The summed E-state index contributed by atoms with van der Waals surface area (Å²) in [7, 11) is 0. The first kappa shape index (κ1) is 16.6. The van der Waals surface area contributed by atoms with Gasteiger partial charge < -0.3 is 19.9 Å². The molecule has 0 unspecified atom stereocenters. The molecule has 3 aromatic heterocycles. The van der Waals surface area contributed by atoms with Crippen LogP contribution < -0.4 is 10.2 Å². The van der Waals surface area contributed by atoms with Gasteiger partial charge in [0.15, 0.2) is 11.5 Å². The van der Waals surface area contributed by atoms with Gasteiger partial charge >= 0.3 is 0 Å². The summed E-state index contributed by atoms with van der Waals surface area (Å²) in [5.74, 6) is 2.36. The van der Waals surface area contributed by atoms with E-state index in [0.29, 0.717) is 17.3 Å². The van der Waals surface area contributed by atoms with Crippen molar-refractivity contribution in [2.45, 2.75) is 0 Å². The molecule has 28 heavy (non-hydrogen) atoms. The summed E-state index contributed by atoms with van der Waals surface area (Å²) in [6, 6.07) is 13.9. The maximum absolute atomic E-state index is 5.40. The highest BCUT2D eigenvalue weighted by molar-refractivity contribution is 5.87. The van der Waals surface area contributed by atoms with Gasteiger partial charge in [0.1, 0.15) is 23.5 Å². The van der Waals surface area contributed by atoms with Crippen LogP contribution in [0.25, 0.3) is 22.6 Å². The SMILES string of the molecule is c1ccc(Nc2ncnc3nc(-c4ccc(N5CCOCC5)nc4)[nH]c23)cc1. The monoisotopic (exact) mass is 373 g/mol. The average molecular weight is 373 g/mol. The molecule has 0 saturated carbocycles. The Bertz CT molecular complexity index is 1070. The van der Waals surface area contributed by atoms with Gasteiger partial charge in [-0.2, -0.15) is 0 Å². The van der Waals surface area contributed by atoms with Gasteiger partial charge in [-0.1, -0.05) is 18.2 Å². The zero-order chi connectivity index (χ0) is 18.8. The minimum Gasteiger partial charge on any atom is -0.378 e. The number of rotatable bonds is 4. The molecule has 0 radical (unpaired) electrons. The Labute approximate surface area is 161 Å². The number of ether oxygens (including phenoxy) is 1. The van der Waals surface area contributed by atoms with Crippen molar-refractivity contribution < 1.29 is 4.74 Å². The first-order valence-electron chi connectivity index (χ1n) is 9.19. The Morgan fingerprint density at radius 2 is 1.82 bits per heavy atom. The number of pyridine rings is 1. The summed E-state index contributed by atoms with van der Waals surface area (Å²) in [6.07, 6.45) is 3.35. The molecule has 8 nitrogen and oxygen atoms in total. The molecule has 0 amide bonds. The third kappa shape index (κ3) is 3.25. The first-order valence-corrected chi connectivity index (χ1v) is 9.19. The third-order valence-electron chi connectivity index (χ3n) is 4.68. The van der Waals surface area contributed by atoms with Crippen molar-refractivity contribution in [2.24, 2.45) is 0 Å². The molecule has 1 aliphatic heterocycles. The van der Waals surface area contributed by atoms with Crippen LogP contribution in [-0.2, 0) is 4.74 Å². The molecule has 0 spiro atoms. The lowest BCUT2D eigenvalue weighted by Crippen LogP contribution is -2.36. The van der Waals surface area contributed by atoms with Crippen molar-refractivity contribution in [3.8, 4) is 11.4 Å². The van der Waals surface area contributed by atoms with Crippen molar-refractivity contribution in [1.29, 1.82) is 0 Å². The van der Waals surface area contributed by atoms with Gasteiger partial charge in [0, 0.05) is 30.5 Å². The highest BCUT2D eigenvalue weighted by Gasteiger charge is 2.14. The van der Waals surface area contributed by atoms with Gasteiger partial charge in [-0.3, -0.25) is 0 Å². The number of benzene rings is 1. The van der Waals surface area contributed by atoms with Crippen molar-refractivity contribution >= 4 is 28.5 Å². The van der Waals surface area contributed by atoms with Crippen LogP contribution >= 0.6 is 0 Å². The first-order chi connectivity index (χ1) is 13.9. The van der Waals surface area contributed by atoms with Crippen LogP contribution in [0.4, 0.5) is 17.3 Å². The third-order valence-corrected chi connectivity index (χ3v) is 4.68. The fourth-order valence-corrected chi connectivity index (χ4v) is 3.22. The minimum atomic E-state index is 0.612. The molecule has 1 saturated heterocycles. The second-order valence-corrected chi connectivity index (χ2v) is 6.50. The Hall–Kier alpha value is -3.52. The maximum atomic E-state index is 5.40. The zero-order valence-electron chi connectivity index (χ0n) is 15.2. The molecule has 8 heteroatoms. The van der Waals surface area contributed by atoms with Crippen LogP contribution in [0.5, 0.6) is 0 Å². The molecule has 2 N–H and O–H groups in total. The molecule has 140 valence electrons. The molecule has 5 rings (SSSR count). The number of morpholine rings is 1. The number of hydrogen-bond donors (Lipinski definition) is 2. The van der Waals surface area contributed by atoms with Crippen molar-refractivity contribution in [2.75, 3.05) is 36.5 Å². The van der Waals surface area contributed by atoms with Gasteiger partial charge in [0.2, 0.25) is 0 Å². The van der Waals surface area contributed by atoms with E-state index in [1.807, 2.05) is 48.7 Å².